The lowest BCUT2D eigenvalue weighted by Gasteiger charge is -2.34. The zero-order chi connectivity index (χ0) is 17.2. The van der Waals surface area contributed by atoms with Crippen molar-refractivity contribution in [2.75, 3.05) is 19.6 Å². The SMILES string of the molecule is O=C(NCC1CC1)C1(F)CCN(S(=O)(=O)Cc2ccccc2)CC1. The molecule has 2 fully saturated rings. The maximum absolute atomic E-state index is 14.8. The van der Waals surface area contributed by atoms with Crippen molar-refractivity contribution in [1.29, 1.82) is 0 Å². The number of nitrogens with zero attached hydrogens (tertiary/aromatic N) is 1. The van der Waals surface area contributed by atoms with Crippen LogP contribution in [0.15, 0.2) is 30.3 Å². The van der Waals surface area contributed by atoms with Gasteiger partial charge in [0, 0.05) is 32.5 Å². The van der Waals surface area contributed by atoms with Gasteiger partial charge in [-0.15, -0.1) is 0 Å². The summed E-state index contributed by atoms with van der Waals surface area (Å²) < 4.78 is 41.0. The van der Waals surface area contributed by atoms with E-state index in [1.165, 1.54) is 4.31 Å². The minimum absolute atomic E-state index is 0.0442. The Balaban J connectivity index is 1.56. The van der Waals surface area contributed by atoms with Crippen LogP contribution in [0.4, 0.5) is 4.39 Å². The van der Waals surface area contributed by atoms with Gasteiger partial charge in [0.1, 0.15) is 0 Å². The van der Waals surface area contributed by atoms with Crippen molar-refractivity contribution in [2.45, 2.75) is 37.1 Å². The molecule has 3 rings (SSSR count). The summed E-state index contributed by atoms with van der Waals surface area (Å²) in [6.45, 7) is 0.617. The molecule has 1 aliphatic carbocycles. The number of piperidine rings is 1. The molecule has 1 amide bonds. The van der Waals surface area contributed by atoms with E-state index in [1.807, 2.05) is 6.07 Å². The lowest BCUT2D eigenvalue weighted by Crippen LogP contribution is -2.52. The monoisotopic (exact) mass is 354 g/mol. The molecule has 7 heteroatoms. The van der Waals surface area contributed by atoms with Gasteiger partial charge in [0.2, 0.25) is 10.0 Å². The van der Waals surface area contributed by atoms with E-state index in [9.17, 15) is 17.6 Å². The molecule has 0 spiro atoms. The predicted molar refractivity (Wildman–Crippen MR) is 89.4 cm³/mol. The van der Waals surface area contributed by atoms with Crippen molar-refractivity contribution in [2.24, 2.45) is 5.92 Å². The number of carbonyl (C=O) groups excluding carboxylic acids is 1. The van der Waals surface area contributed by atoms with Crippen molar-refractivity contribution < 1.29 is 17.6 Å². The van der Waals surface area contributed by atoms with Crippen LogP contribution < -0.4 is 5.32 Å². The van der Waals surface area contributed by atoms with Crippen LogP contribution in [0.2, 0.25) is 0 Å². The quantitative estimate of drug-likeness (QED) is 0.848. The summed E-state index contributed by atoms with van der Waals surface area (Å²) >= 11 is 0. The molecule has 0 aromatic heterocycles. The number of benzene rings is 1. The molecular formula is C17H23FN2O3S. The summed E-state index contributed by atoms with van der Waals surface area (Å²) in [5.74, 6) is -0.195. The second-order valence-corrected chi connectivity index (χ2v) is 8.73. The maximum Gasteiger partial charge on any atom is 0.257 e. The van der Waals surface area contributed by atoms with Crippen molar-refractivity contribution in [3.63, 3.8) is 0 Å². The minimum atomic E-state index is -3.49. The number of halogens is 1. The third kappa shape index (κ3) is 4.13. The first-order chi connectivity index (χ1) is 11.4. The second-order valence-electron chi connectivity index (χ2n) is 6.76. The number of hydrogen-bond acceptors (Lipinski definition) is 3. The summed E-state index contributed by atoms with van der Waals surface area (Å²) in [6.07, 6.45) is 2.01. The first kappa shape index (κ1) is 17.4. The number of rotatable bonds is 6. The van der Waals surface area contributed by atoms with Crippen LogP contribution in [-0.2, 0) is 20.6 Å². The van der Waals surface area contributed by atoms with Crippen molar-refractivity contribution in [3.05, 3.63) is 35.9 Å². The molecule has 5 nitrogen and oxygen atoms in total. The Labute approximate surface area is 142 Å². The summed E-state index contributed by atoms with van der Waals surface area (Å²) in [7, 11) is -3.49. The minimum Gasteiger partial charge on any atom is -0.353 e. The summed E-state index contributed by atoms with van der Waals surface area (Å²) in [6, 6.07) is 8.92. The Morgan fingerprint density at radius 3 is 2.42 bits per heavy atom. The molecule has 1 aromatic rings. The first-order valence-electron chi connectivity index (χ1n) is 8.38. The van der Waals surface area contributed by atoms with Crippen molar-refractivity contribution >= 4 is 15.9 Å². The van der Waals surface area contributed by atoms with E-state index < -0.39 is 21.6 Å². The Kier molecular flexibility index (Phi) is 4.92. The van der Waals surface area contributed by atoms with E-state index in [0.29, 0.717) is 18.0 Å². The fourth-order valence-electron chi connectivity index (χ4n) is 2.94. The molecule has 1 N–H and O–H groups in total. The Morgan fingerprint density at radius 2 is 1.83 bits per heavy atom. The largest absolute Gasteiger partial charge is 0.353 e. The van der Waals surface area contributed by atoms with Gasteiger partial charge in [0.05, 0.1) is 5.75 Å². The van der Waals surface area contributed by atoms with E-state index in [0.717, 1.165) is 12.8 Å². The Hall–Kier alpha value is -1.47. The van der Waals surface area contributed by atoms with E-state index >= 15 is 0 Å². The lowest BCUT2D eigenvalue weighted by molar-refractivity contribution is -0.135. The average Bonchev–Trinajstić information content (AvgIpc) is 3.38. The van der Waals surface area contributed by atoms with Gasteiger partial charge in [-0.3, -0.25) is 4.79 Å². The predicted octanol–water partition coefficient (Wildman–Crippen LogP) is 1.85. The highest BCUT2D eigenvalue weighted by Gasteiger charge is 2.44. The second kappa shape index (κ2) is 6.80. The summed E-state index contributed by atoms with van der Waals surface area (Å²) in [5, 5.41) is 2.67. The summed E-state index contributed by atoms with van der Waals surface area (Å²) in [5.41, 5.74) is -1.25. The molecule has 1 heterocycles. The van der Waals surface area contributed by atoms with Crippen LogP contribution in [0.25, 0.3) is 0 Å². The molecule has 2 aliphatic rings. The molecule has 0 bridgehead atoms. The molecule has 24 heavy (non-hydrogen) atoms. The molecular weight excluding hydrogens is 331 g/mol. The van der Waals surface area contributed by atoms with Crippen LogP contribution in [0.1, 0.15) is 31.2 Å². The molecule has 1 aromatic carbocycles. The number of carbonyl (C=O) groups is 1. The van der Waals surface area contributed by atoms with Gasteiger partial charge in [-0.1, -0.05) is 30.3 Å². The molecule has 1 saturated carbocycles. The van der Waals surface area contributed by atoms with Gasteiger partial charge in [0.25, 0.3) is 5.91 Å². The van der Waals surface area contributed by atoms with Crippen molar-refractivity contribution in [3.8, 4) is 0 Å². The van der Waals surface area contributed by atoms with Crippen LogP contribution in [0, 0.1) is 5.92 Å². The van der Waals surface area contributed by atoms with Crippen LogP contribution in [0.3, 0.4) is 0 Å². The normalized spacial score (nSPS) is 21.4. The van der Waals surface area contributed by atoms with Gasteiger partial charge >= 0.3 is 0 Å². The Bertz CT molecular complexity index is 681. The standard InChI is InChI=1S/C17H23FN2O3S/c18-17(16(21)19-12-14-6-7-14)8-10-20(11-9-17)24(22,23)13-15-4-2-1-3-5-15/h1-5,14H,6-13H2,(H,19,21). The highest BCUT2D eigenvalue weighted by atomic mass is 32.2. The molecule has 0 unspecified atom stereocenters. The van der Waals surface area contributed by atoms with E-state index in [1.54, 1.807) is 24.3 Å². The van der Waals surface area contributed by atoms with Crippen LogP contribution >= 0.6 is 0 Å². The maximum atomic E-state index is 14.8. The van der Waals surface area contributed by atoms with Crippen molar-refractivity contribution in [1.82, 2.24) is 9.62 Å². The topological polar surface area (TPSA) is 66.5 Å². The smallest absolute Gasteiger partial charge is 0.257 e. The highest BCUT2D eigenvalue weighted by molar-refractivity contribution is 7.88. The van der Waals surface area contributed by atoms with E-state index in [4.69, 9.17) is 0 Å². The number of sulfonamides is 1. The third-order valence-corrected chi connectivity index (χ3v) is 6.61. The number of alkyl halides is 1. The number of amides is 1. The van der Waals surface area contributed by atoms with Crippen LogP contribution in [-0.4, -0.2) is 43.9 Å². The molecule has 132 valence electrons. The lowest BCUT2D eigenvalue weighted by atomic mass is 9.93. The Morgan fingerprint density at radius 1 is 1.21 bits per heavy atom. The average molecular weight is 354 g/mol. The number of hydrogen-bond donors (Lipinski definition) is 1. The van der Waals surface area contributed by atoms with Gasteiger partial charge in [0.15, 0.2) is 5.67 Å². The van der Waals surface area contributed by atoms with Crippen LogP contribution in [0.5, 0.6) is 0 Å². The van der Waals surface area contributed by atoms with Gasteiger partial charge < -0.3 is 5.32 Å². The summed E-state index contributed by atoms with van der Waals surface area (Å²) in [4.78, 5) is 12.0. The first-order valence-corrected chi connectivity index (χ1v) is 9.99. The third-order valence-electron chi connectivity index (χ3n) is 4.76. The molecule has 0 radical (unpaired) electrons. The fourth-order valence-corrected chi connectivity index (χ4v) is 4.47. The number of nitrogens with one attached hydrogen (secondary N) is 1. The zero-order valence-corrected chi connectivity index (χ0v) is 14.4. The molecule has 1 saturated heterocycles. The molecule has 0 atom stereocenters. The van der Waals surface area contributed by atoms with Gasteiger partial charge in [-0.25, -0.2) is 17.1 Å². The van der Waals surface area contributed by atoms with E-state index in [-0.39, 0.29) is 31.7 Å². The molecule has 1 aliphatic heterocycles. The highest BCUT2D eigenvalue weighted by Crippen LogP contribution is 2.31. The van der Waals surface area contributed by atoms with Gasteiger partial charge in [-0.05, 0) is 24.3 Å². The van der Waals surface area contributed by atoms with E-state index in [2.05, 4.69) is 5.32 Å². The zero-order valence-electron chi connectivity index (χ0n) is 13.6. The van der Waals surface area contributed by atoms with Gasteiger partial charge in [-0.2, -0.15) is 0 Å². The fraction of sp³-hybridized carbons (Fsp3) is 0.588.